The lowest BCUT2D eigenvalue weighted by Gasteiger charge is -2.31. The fourth-order valence-corrected chi connectivity index (χ4v) is 2.81. The molecule has 5 nitrogen and oxygen atoms in total. The second-order valence-electron chi connectivity index (χ2n) is 5.60. The quantitative estimate of drug-likeness (QED) is 0.916. The number of benzene rings is 1. The number of amides is 1. The fraction of sp³-hybridized carbons (Fsp3) is 0.467. The highest BCUT2D eigenvalue weighted by atomic mass is 19.2. The van der Waals surface area contributed by atoms with E-state index < -0.39 is 23.7 Å². The lowest BCUT2D eigenvalue weighted by atomic mass is 10.1. The molecule has 0 aromatic heterocycles. The van der Waals surface area contributed by atoms with Crippen LogP contribution in [0.2, 0.25) is 0 Å². The third kappa shape index (κ3) is 2.81. The number of ether oxygens (including phenoxy) is 1. The van der Waals surface area contributed by atoms with Crippen LogP contribution in [0.15, 0.2) is 18.2 Å². The van der Waals surface area contributed by atoms with Crippen LogP contribution in [-0.2, 0) is 14.3 Å². The Labute approximate surface area is 125 Å². The molecule has 0 unspecified atom stereocenters. The van der Waals surface area contributed by atoms with E-state index in [1.165, 1.54) is 11.0 Å². The summed E-state index contributed by atoms with van der Waals surface area (Å²) in [6.45, 7) is 0.560. The second-order valence-corrected chi connectivity index (χ2v) is 5.60. The molecule has 1 N–H and O–H groups in total. The Morgan fingerprint density at radius 2 is 2.05 bits per heavy atom. The molecule has 1 saturated carbocycles. The number of halogens is 2. The number of hydrogen-bond acceptors (Lipinski definition) is 3. The number of aliphatic carboxylic acids is 1. The van der Waals surface area contributed by atoms with E-state index in [1.54, 1.807) is 0 Å². The van der Waals surface area contributed by atoms with Crippen LogP contribution < -0.4 is 0 Å². The number of rotatable bonds is 3. The molecule has 3 atom stereocenters. The predicted molar refractivity (Wildman–Crippen MR) is 71.2 cm³/mol. The molecular formula is C15H15F2NO4. The molecule has 118 valence electrons. The maximum Gasteiger partial charge on any atom is 0.334 e. The van der Waals surface area contributed by atoms with Gasteiger partial charge in [0, 0.05) is 12.5 Å². The minimum absolute atomic E-state index is 0.0230. The Morgan fingerprint density at radius 3 is 2.73 bits per heavy atom. The Balaban J connectivity index is 1.65. The lowest BCUT2D eigenvalue weighted by molar-refractivity contribution is -0.159. The molecule has 22 heavy (non-hydrogen) atoms. The molecule has 0 bridgehead atoms. The van der Waals surface area contributed by atoms with E-state index in [9.17, 15) is 18.4 Å². The summed E-state index contributed by atoms with van der Waals surface area (Å²) in [5.74, 6) is -3.50. The van der Waals surface area contributed by atoms with E-state index in [2.05, 4.69) is 0 Å². The predicted octanol–water partition coefficient (Wildman–Crippen LogP) is 1.38. The van der Waals surface area contributed by atoms with Crippen molar-refractivity contribution in [1.82, 2.24) is 4.90 Å². The van der Waals surface area contributed by atoms with E-state index in [1.807, 2.05) is 0 Å². The van der Waals surface area contributed by atoms with Crippen molar-refractivity contribution in [3.63, 3.8) is 0 Å². The van der Waals surface area contributed by atoms with E-state index in [4.69, 9.17) is 9.84 Å². The highest BCUT2D eigenvalue weighted by Crippen LogP contribution is 2.48. The third-order valence-electron chi connectivity index (χ3n) is 4.13. The van der Waals surface area contributed by atoms with Crippen molar-refractivity contribution in [2.75, 3.05) is 19.7 Å². The molecule has 1 aromatic rings. The van der Waals surface area contributed by atoms with Crippen molar-refractivity contribution in [1.29, 1.82) is 0 Å². The molecule has 0 radical (unpaired) electrons. The van der Waals surface area contributed by atoms with Crippen LogP contribution in [0.3, 0.4) is 0 Å². The summed E-state index contributed by atoms with van der Waals surface area (Å²) in [5, 5.41) is 8.94. The maximum absolute atomic E-state index is 13.2. The van der Waals surface area contributed by atoms with Gasteiger partial charge in [0.05, 0.1) is 13.2 Å². The number of carboxylic acids is 1. The Hall–Kier alpha value is -2.02. The molecule has 7 heteroatoms. The first-order valence-corrected chi connectivity index (χ1v) is 7.05. The van der Waals surface area contributed by atoms with E-state index in [-0.39, 0.29) is 30.9 Å². The van der Waals surface area contributed by atoms with Gasteiger partial charge in [-0.3, -0.25) is 4.79 Å². The number of carbonyl (C=O) groups excluding carboxylic acids is 1. The molecule has 3 rings (SSSR count). The Kier molecular flexibility index (Phi) is 3.82. The zero-order valence-corrected chi connectivity index (χ0v) is 11.7. The van der Waals surface area contributed by atoms with Gasteiger partial charge in [0.25, 0.3) is 0 Å². The van der Waals surface area contributed by atoms with Crippen LogP contribution in [-0.4, -0.2) is 47.7 Å². The van der Waals surface area contributed by atoms with Gasteiger partial charge in [0.2, 0.25) is 5.91 Å². The first-order chi connectivity index (χ1) is 10.5. The van der Waals surface area contributed by atoms with E-state index in [0.29, 0.717) is 18.5 Å². The average molecular weight is 311 g/mol. The van der Waals surface area contributed by atoms with Crippen molar-refractivity contribution in [3.8, 4) is 0 Å². The van der Waals surface area contributed by atoms with Crippen molar-refractivity contribution in [2.24, 2.45) is 5.92 Å². The fourth-order valence-electron chi connectivity index (χ4n) is 2.81. The van der Waals surface area contributed by atoms with Gasteiger partial charge in [0.15, 0.2) is 17.7 Å². The molecule has 1 aromatic carbocycles. The zero-order valence-electron chi connectivity index (χ0n) is 11.7. The van der Waals surface area contributed by atoms with E-state index >= 15 is 0 Å². The van der Waals surface area contributed by atoms with Crippen LogP contribution in [0.25, 0.3) is 0 Å². The Morgan fingerprint density at radius 1 is 1.27 bits per heavy atom. The van der Waals surface area contributed by atoms with Crippen LogP contribution in [0.4, 0.5) is 8.78 Å². The first-order valence-electron chi connectivity index (χ1n) is 7.05. The third-order valence-corrected chi connectivity index (χ3v) is 4.13. The monoisotopic (exact) mass is 311 g/mol. The normalized spacial score (nSPS) is 27.5. The minimum Gasteiger partial charge on any atom is -0.479 e. The minimum atomic E-state index is -1.09. The number of morpholine rings is 1. The summed E-state index contributed by atoms with van der Waals surface area (Å²) >= 11 is 0. The van der Waals surface area contributed by atoms with Crippen molar-refractivity contribution < 1.29 is 28.2 Å². The van der Waals surface area contributed by atoms with E-state index in [0.717, 1.165) is 12.1 Å². The SMILES string of the molecule is O=C(O)[C@@H]1CN(C(=O)[C@H]2C[C@@H]2c2ccc(F)c(F)c2)CCO1. The summed E-state index contributed by atoms with van der Waals surface area (Å²) in [5.41, 5.74) is 0.597. The van der Waals surface area contributed by atoms with Crippen LogP contribution >= 0.6 is 0 Å². The second kappa shape index (κ2) is 5.64. The Bertz CT molecular complexity index is 622. The van der Waals surface area contributed by atoms with Gasteiger partial charge in [-0.2, -0.15) is 0 Å². The highest BCUT2D eigenvalue weighted by molar-refractivity contribution is 5.84. The van der Waals surface area contributed by atoms with Crippen molar-refractivity contribution in [2.45, 2.75) is 18.4 Å². The molecular weight excluding hydrogens is 296 g/mol. The summed E-state index contributed by atoms with van der Waals surface area (Å²) in [6.07, 6.45) is -0.433. The van der Waals surface area contributed by atoms with Crippen LogP contribution in [0.1, 0.15) is 17.9 Å². The van der Waals surface area contributed by atoms with Gasteiger partial charge in [0.1, 0.15) is 0 Å². The number of carbonyl (C=O) groups is 2. The summed E-state index contributed by atoms with van der Waals surface area (Å²) in [7, 11) is 0. The summed E-state index contributed by atoms with van der Waals surface area (Å²) < 4.78 is 31.2. The molecule has 2 aliphatic rings. The number of carboxylic acid groups (broad SMARTS) is 1. The van der Waals surface area contributed by atoms with Gasteiger partial charge in [-0.1, -0.05) is 6.07 Å². The number of hydrogen-bond donors (Lipinski definition) is 1. The smallest absolute Gasteiger partial charge is 0.334 e. The topological polar surface area (TPSA) is 66.8 Å². The standard InChI is InChI=1S/C15H15F2NO4/c16-11-2-1-8(5-12(11)17)9-6-10(9)14(19)18-3-4-22-13(7-18)15(20)21/h1-2,5,9-10,13H,3-4,6-7H2,(H,20,21)/t9-,10+,13+/m1/s1. The van der Waals surface area contributed by atoms with Crippen molar-refractivity contribution in [3.05, 3.63) is 35.4 Å². The van der Waals surface area contributed by atoms with Crippen LogP contribution in [0.5, 0.6) is 0 Å². The molecule has 1 aliphatic carbocycles. The number of nitrogens with zero attached hydrogens (tertiary/aromatic N) is 1. The first kappa shape index (κ1) is 14.9. The molecule has 1 amide bonds. The summed E-state index contributed by atoms with van der Waals surface area (Å²) in [6, 6.07) is 3.65. The summed E-state index contributed by atoms with van der Waals surface area (Å²) in [4.78, 5) is 24.8. The lowest BCUT2D eigenvalue weighted by Crippen LogP contribution is -2.49. The van der Waals surface area contributed by atoms with Gasteiger partial charge >= 0.3 is 5.97 Å². The largest absolute Gasteiger partial charge is 0.479 e. The zero-order chi connectivity index (χ0) is 15.9. The highest BCUT2D eigenvalue weighted by Gasteiger charge is 2.47. The molecule has 1 heterocycles. The van der Waals surface area contributed by atoms with Crippen LogP contribution in [0, 0.1) is 17.6 Å². The van der Waals surface area contributed by atoms with Gasteiger partial charge < -0.3 is 14.7 Å². The average Bonchev–Trinajstić information content (AvgIpc) is 3.30. The van der Waals surface area contributed by atoms with Gasteiger partial charge in [-0.25, -0.2) is 13.6 Å². The molecule has 1 aliphatic heterocycles. The van der Waals surface area contributed by atoms with Gasteiger partial charge in [-0.05, 0) is 30.0 Å². The molecule has 2 fully saturated rings. The molecule has 0 spiro atoms. The maximum atomic E-state index is 13.2. The van der Waals surface area contributed by atoms with Gasteiger partial charge in [-0.15, -0.1) is 0 Å². The molecule has 1 saturated heterocycles. The van der Waals surface area contributed by atoms with Crippen molar-refractivity contribution >= 4 is 11.9 Å².